The molecule has 23 heavy (non-hydrogen) atoms. The Bertz CT molecular complexity index is 803. The van der Waals surface area contributed by atoms with E-state index in [4.69, 9.17) is 14.2 Å². The summed E-state index contributed by atoms with van der Waals surface area (Å²) in [5, 5.41) is 9.79. The molecule has 0 amide bonds. The van der Waals surface area contributed by atoms with Crippen LogP contribution in [0.15, 0.2) is 17.1 Å². The van der Waals surface area contributed by atoms with E-state index in [0.29, 0.717) is 16.9 Å². The lowest BCUT2D eigenvalue weighted by molar-refractivity contribution is -0.0448. The molecule has 3 heterocycles. The van der Waals surface area contributed by atoms with Gasteiger partial charge in [0.2, 0.25) is 0 Å². The van der Waals surface area contributed by atoms with Gasteiger partial charge in [0.15, 0.2) is 12.3 Å². The summed E-state index contributed by atoms with van der Waals surface area (Å²) in [7, 11) is -2.83. The van der Waals surface area contributed by atoms with Gasteiger partial charge in [-0.25, -0.2) is 4.98 Å². The fraction of sp³-hybridized carbons (Fsp3) is 0.538. The summed E-state index contributed by atoms with van der Waals surface area (Å²) in [5.74, 6) is 0.134. The first-order valence-corrected chi connectivity index (χ1v) is 8.22. The highest BCUT2D eigenvalue weighted by molar-refractivity contribution is 7.32. The minimum absolute atomic E-state index is 0.244. The molecule has 1 saturated heterocycles. The Morgan fingerprint density at radius 1 is 1.57 bits per heavy atom. The first-order chi connectivity index (χ1) is 10.9. The predicted octanol–water partition coefficient (Wildman–Crippen LogP) is 0.594. The Labute approximate surface area is 131 Å². The number of aromatic amines is 1. The number of ether oxygens (including phenoxy) is 1. The highest BCUT2D eigenvalue weighted by atomic mass is 31.1. The molecule has 3 rings (SSSR count). The number of aryl methyl sites for hydroxylation is 1. The van der Waals surface area contributed by atoms with Crippen LogP contribution in [-0.2, 0) is 13.8 Å². The Morgan fingerprint density at radius 3 is 2.96 bits per heavy atom. The quantitative estimate of drug-likeness (QED) is 0.694. The van der Waals surface area contributed by atoms with Crippen LogP contribution in [0.2, 0.25) is 0 Å². The molecule has 10 heteroatoms. The number of hydrogen-bond donors (Lipinski definition) is 3. The molecular formula is C13H17N3O6P+. The largest absolute Gasteiger partial charge is 0.695 e. The Hall–Kier alpha value is -1.64. The fourth-order valence-electron chi connectivity index (χ4n) is 2.90. The molecule has 0 radical (unpaired) electrons. The van der Waals surface area contributed by atoms with Crippen molar-refractivity contribution < 1.29 is 23.8 Å². The van der Waals surface area contributed by atoms with Crippen LogP contribution in [0.4, 0.5) is 0 Å². The predicted molar refractivity (Wildman–Crippen MR) is 79.9 cm³/mol. The molecule has 0 spiro atoms. The van der Waals surface area contributed by atoms with Gasteiger partial charge >= 0.3 is 8.25 Å². The Kier molecular flexibility index (Phi) is 4.31. The number of aromatic nitrogens is 3. The van der Waals surface area contributed by atoms with Gasteiger partial charge in [-0.2, -0.15) is 0 Å². The van der Waals surface area contributed by atoms with E-state index in [1.165, 1.54) is 0 Å². The molecule has 9 nitrogen and oxygen atoms in total. The lowest BCUT2D eigenvalue weighted by Gasteiger charge is -2.17. The first kappa shape index (κ1) is 16.2. The van der Waals surface area contributed by atoms with Gasteiger partial charge in [0.25, 0.3) is 5.56 Å². The van der Waals surface area contributed by atoms with Crippen molar-refractivity contribution in [3.05, 3.63) is 28.4 Å². The fourth-order valence-corrected chi connectivity index (χ4v) is 3.40. The van der Waals surface area contributed by atoms with Gasteiger partial charge in [0, 0.05) is 16.7 Å². The van der Waals surface area contributed by atoms with Gasteiger partial charge in [-0.1, -0.05) is 6.92 Å². The second-order valence-corrected chi connectivity index (χ2v) is 6.21. The van der Waals surface area contributed by atoms with Crippen LogP contribution in [0.5, 0.6) is 0 Å². The monoisotopic (exact) mass is 342 g/mol. The van der Waals surface area contributed by atoms with Gasteiger partial charge in [0.05, 0.1) is 18.1 Å². The molecule has 1 aliphatic rings. The smallest absolute Gasteiger partial charge is 0.394 e. The zero-order chi connectivity index (χ0) is 16.7. The maximum atomic E-state index is 12.0. The van der Waals surface area contributed by atoms with Crippen LogP contribution in [0.1, 0.15) is 19.0 Å². The van der Waals surface area contributed by atoms with E-state index in [9.17, 15) is 14.5 Å². The number of H-pyrrole nitrogens is 1. The van der Waals surface area contributed by atoms with E-state index in [0.717, 1.165) is 0 Å². The summed E-state index contributed by atoms with van der Waals surface area (Å²) in [4.78, 5) is 28.0. The van der Waals surface area contributed by atoms with Crippen molar-refractivity contribution in [3.63, 3.8) is 0 Å². The molecule has 1 fully saturated rings. The third-order valence-electron chi connectivity index (χ3n) is 4.07. The summed E-state index contributed by atoms with van der Waals surface area (Å²) in [6, 6.07) is 1.59. The molecule has 0 aromatic carbocycles. The van der Waals surface area contributed by atoms with Crippen LogP contribution in [-0.4, -0.2) is 43.3 Å². The van der Waals surface area contributed by atoms with Gasteiger partial charge in [0.1, 0.15) is 11.5 Å². The summed E-state index contributed by atoms with van der Waals surface area (Å²) in [6.45, 7) is 3.18. The van der Waals surface area contributed by atoms with Gasteiger partial charge in [-0.05, 0) is 13.0 Å². The highest BCUT2D eigenvalue weighted by Crippen LogP contribution is 2.40. The van der Waals surface area contributed by atoms with Crippen molar-refractivity contribution in [1.29, 1.82) is 0 Å². The molecule has 0 bridgehead atoms. The third-order valence-corrected chi connectivity index (χ3v) is 4.49. The van der Waals surface area contributed by atoms with Crippen molar-refractivity contribution in [2.24, 2.45) is 5.92 Å². The molecule has 5 atom stereocenters. The first-order valence-electron chi connectivity index (χ1n) is 7.09. The molecule has 2 aromatic heterocycles. The Morgan fingerprint density at radius 2 is 2.30 bits per heavy atom. The van der Waals surface area contributed by atoms with Crippen LogP contribution < -0.4 is 5.56 Å². The molecule has 2 aromatic rings. The van der Waals surface area contributed by atoms with Crippen molar-refractivity contribution >= 4 is 19.3 Å². The minimum atomic E-state index is -2.83. The third kappa shape index (κ3) is 2.82. The number of aliphatic hydroxyl groups is 1. The average molecular weight is 342 g/mol. The van der Waals surface area contributed by atoms with Crippen LogP contribution >= 0.6 is 8.25 Å². The van der Waals surface area contributed by atoms with E-state index < -0.39 is 26.7 Å². The number of nitrogens with zero attached hydrogens (tertiary/aromatic N) is 2. The molecule has 2 unspecified atom stereocenters. The number of aliphatic hydroxyl groups excluding tert-OH is 1. The van der Waals surface area contributed by atoms with Crippen LogP contribution in [0, 0.1) is 12.8 Å². The lowest BCUT2D eigenvalue weighted by Crippen LogP contribution is -2.27. The molecule has 1 aliphatic heterocycles. The van der Waals surface area contributed by atoms with Crippen molar-refractivity contribution in [1.82, 2.24) is 14.5 Å². The molecule has 124 valence electrons. The minimum Gasteiger partial charge on any atom is -0.394 e. The number of rotatable bonds is 4. The maximum absolute atomic E-state index is 12.0. The van der Waals surface area contributed by atoms with Crippen molar-refractivity contribution in [3.8, 4) is 0 Å². The Balaban J connectivity index is 2.08. The summed E-state index contributed by atoms with van der Waals surface area (Å²) < 4.78 is 23.6. The molecule has 3 N–H and O–H groups in total. The van der Waals surface area contributed by atoms with Crippen LogP contribution in [0.3, 0.4) is 0 Å². The lowest BCUT2D eigenvalue weighted by atomic mass is 10.0. The number of fused-ring (bicyclic) bond motifs is 1. The zero-order valence-electron chi connectivity index (χ0n) is 12.5. The number of nitrogens with one attached hydrogen (secondary N) is 1. The maximum Gasteiger partial charge on any atom is 0.695 e. The summed E-state index contributed by atoms with van der Waals surface area (Å²) >= 11 is 0. The molecule has 0 aliphatic carbocycles. The second-order valence-electron chi connectivity index (χ2n) is 5.53. The highest BCUT2D eigenvalue weighted by Gasteiger charge is 2.48. The zero-order valence-corrected chi connectivity index (χ0v) is 13.4. The second kappa shape index (κ2) is 6.10. The van der Waals surface area contributed by atoms with Crippen molar-refractivity contribution in [2.75, 3.05) is 6.61 Å². The van der Waals surface area contributed by atoms with E-state index in [2.05, 4.69) is 9.97 Å². The standard InChI is InChI=1S/C13H16N3O6P/c1-6-9(5-17)21-13(10(6)22-23(19)20)16-4-3-8-11(16)14-7(2)15-12(8)18/h3-4,6,9-10,13,17H,5H2,1-2H3,(H-,14,15,18,19,20)/p+1/t6?,9-,10+,13-/m1/s1. The number of hydrogen-bond acceptors (Lipinski definition) is 6. The molecular weight excluding hydrogens is 325 g/mol. The van der Waals surface area contributed by atoms with Gasteiger partial charge in [-0.15, -0.1) is 9.42 Å². The SMILES string of the molecule is Cc1nc2c(ccn2[C@@H]2O[C@H](CO)C(C)[C@@H]2O[P+](=O)O)c(=O)[nH]1. The van der Waals surface area contributed by atoms with E-state index in [1.54, 1.807) is 30.7 Å². The summed E-state index contributed by atoms with van der Waals surface area (Å²) in [5.41, 5.74) is 0.116. The van der Waals surface area contributed by atoms with E-state index >= 15 is 0 Å². The topological polar surface area (TPSA) is 127 Å². The summed E-state index contributed by atoms with van der Waals surface area (Å²) in [6.07, 6.45) is -0.442. The van der Waals surface area contributed by atoms with Crippen molar-refractivity contribution in [2.45, 2.75) is 32.3 Å². The van der Waals surface area contributed by atoms with Gasteiger partial charge in [-0.3, -0.25) is 4.79 Å². The normalized spacial score (nSPS) is 28.4. The van der Waals surface area contributed by atoms with E-state index in [1.807, 2.05) is 0 Å². The van der Waals surface area contributed by atoms with E-state index in [-0.39, 0.29) is 18.1 Å². The molecule has 0 saturated carbocycles. The van der Waals surface area contributed by atoms with Crippen LogP contribution in [0.25, 0.3) is 11.0 Å². The van der Waals surface area contributed by atoms with Gasteiger partial charge < -0.3 is 19.4 Å². The average Bonchev–Trinajstić information content (AvgIpc) is 3.01.